The van der Waals surface area contributed by atoms with Crippen LogP contribution < -0.4 is 0 Å². The zero-order valence-corrected chi connectivity index (χ0v) is 18.3. The van der Waals surface area contributed by atoms with E-state index in [-0.39, 0.29) is 10.8 Å². The highest BCUT2D eigenvalue weighted by molar-refractivity contribution is 9.10. The number of morpholine rings is 1. The van der Waals surface area contributed by atoms with Crippen LogP contribution >= 0.6 is 15.9 Å². The van der Waals surface area contributed by atoms with Crippen LogP contribution in [0.2, 0.25) is 0 Å². The summed E-state index contributed by atoms with van der Waals surface area (Å²) in [5.41, 5.74) is 0.431. The summed E-state index contributed by atoms with van der Waals surface area (Å²) in [6.45, 7) is 6.43. The standard InChI is InChI=1S/C19H27BrN2O4S/c1-14(2)7-8-22(16-4-5-16)19(23)15-3-6-17(20)18(13-15)27(24,25)21-9-11-26-12-10-21/h3,6,13-14,16H,4-5,7-12H2,1-2H3. The molecule has 1 heterocycles. The largest absolute Gasteiger partial charge is 0.379 e. The zero-order valence-electron chi connectivity index (χ0n) is 15.9. The maximum Gasteiger partial charge on any atom is 0.254 e. The average molecular weight is 459 g/mol. The molecule has 3 rings (SSSR count). The number of hydrogen-bond donors (Lipinski definition) is 0. The van der Waals surface area contributed by atoms with Crippen LogP contribution in [0.25, 0.3) is 0 Å². The van der Waals surface area contributed by atoms with Crippen LogP contribution in [-0.4, -0.2) is 62.4 Å². The van der Waals surface area contributed by atoms with Crippen LogP contribution in [0.15, 0.2) is 27.6 Å². The molecule has 0 N–H and O–H groups in total. The molecule has 0 radical (unpaired) electrons. The SMILES string of the molecule is CC(C)CCN(C(=O)c1ccc(Br)c(S(=O)(=O)N2CCOCC2)c1)C1CC1. The molecular weight excluding hydrogens is 432 g/mol. The molecule has 0 spiro atoms. The summed E-state index contributed by atoms with van der Waals surface area (Å²) in [7, 11) is -3.67. The molecule has 0 aromatic heterocycles. The Morgan fingerprint density at radius 1 is 1.30 bits per heavy atom. The van der Waals surface area contributed by atoms with E-state index in [1.807, 2.05) is 4.90 Å². The molecule has 150 valence electrons. The molecule has 1 aromatic carbocycles. The lowest BCUT2D eigenvalue weighted by Crippen LogP contribution is -2.41. The molecule has 1 amide bonds. The highest BCUT2D eigenvalue weighted by atomic mass is 79.9. The number of carbonyl (C=O) groups is 1. The fourth-order valence-electron chi connectivity index (χ4n) is 3.16. The second kappa shape index (κ2) is 8.59. The van der Waals surface area contributed by atoms with Gasteiger partial charge in [-0.15, -0.1) is 0 Å². The molecular formula is C19H27BrN2O4S. The van der Waals surface area contributed by atoms with Crippen molar-refractivity contribution in [1.29, 1.82) is 0 Å². The summed E-state index contributed by atoms with van der Waals surface area (Å²) in [6.07, 6.45) is 3.00. The van der Waals surface area contributed by atoms with Gasteiger partial charge >= 0.3 is 0 Å². The highest BCUT2D eigenvalue weighted by Gasteiger charge is 2.34. The van der Waals surface area contributed by atoms with Crippen molar-refractivity contribution in [1.82, 2.24) is 9.21 Å². The minimum atomic E-state index is -3.67. The van der Waals surface area contributed by atoms with E-state index in [2.05, 4.69) is 29.8 Å². The summed E-state index contributed by atoms with van der Waals surface area (Å²) < 4.78 is 33.2. The zero-order chi connectivity index (χ0) is 19.6. The quantitative estimate of drug-likeness (QED) is 0.629. The molecule has 6 nitrogen and oxygen atoms in total. The van der Waals surface area contributed by atoms with Crippen molar-refractivity contribution in [3.63, 3.8) is 0 Å². The second-order valence-electron chi connectivity index (χ2n) is 7.57. The van der Waals surface area contributed by atoms with E-state index in [1.54, 1.807) is 12.1 Å². The molecule has 8 heteroatoms. The van der Waals surface area contributed by atoms with Gasteiger partial charge < -0.3 is 9.64 Å². The van der Waals surface area contributed by atoms with E-state index in [1.165, 1.54) is 10.4 Å². The van der Waals surface area contributed by atoms with Crippen molar-refractivity contribution >= 4 is 31.9 Å². The Hall–Kier alpha value is -0.960. The first-order chi connectivity index (χ1) is 12.8. The first kappa shape index (κ1) is 20.8. The van der Waals surface area contributed by atoms with Gasteiger partial charge in [-0.1, -0.05) is 13.8 Å². The van der Waals surface area contributed by atoms with Crippen LogP contribution in [0.3, 0.4) is 0 Å². The number of benzene rings is 1. The maximum absolute atomic E-state index is 13.1. The molecule has 2 aliphatic rings. The number of carbonyl (C=O) groups excluding carboxylic acids is 1. The first-order valence-corrected chi connectivity index (χ1v) is 11.7. The van der Waals surface area contributed by atoms with Crippen LogP contribution in [-0.2, 0) is 14.8 Å². The van der Waals surface area contributed by atoms with Crippen LogP contribution in [0.4, 0.5) is 0 Å². The lowest BCUT2D eigenvalue weighted by Gasteiger charge is -2.27. The summed E-state index contributed by atoms with van der Waals surface area (Å²) in [5.74, 6) is 0.435. The van der Waals surface area contributed by atoms with Crippen molar-refractivity contribution in [2.24, 2.45) is 5.92 Å². The van der Waals surface area contributed by atoms with Crippen LogP contribution in [0.1, 0.15) is 43.5 Å². The average Bonchev–Trinajstić information content (AvgIpc) is 3.47. The van der Waals surface area contributed by atoms with Gasteiger partial charge in [-0.2, -0.15) is 4.31 Å². The van der Waals surface area contributed by atoms with Gasteiger partial charge in [0.2, 0.25) is 10.0 Å². The fraction of sp³-hybridized carbons (Fsp3) is 0.632. The predicted octanol–water partition coefficient (Wildman–Crippen LogP) is 3.12. The Kier molecular flexibility index (Phi) is 6.61. The van der Waals surface area contributed by atoms with Gasteiger partial charge in [0.1, 0.15) is 0 Å². The Balaban J connectivity index is 1.86. The van der Waals surface area contributed by atoms with E-state index in [0.717, 1.165) is 19.3 Å². The summed E-state index contributed by atoms with van der Waals surface area (Å²) in [4.78, 5) is 15.1. The number of rotatable bonds is 7. The van der Waals surface area contributed by atoms with E-state index in [4.69, 9.17) is 4.74 Å². The van der Waals surface area contributed by atoms with Gasteiger partial charge in [0, 0.05) is 35.7 Å². The number of sulfonamides is 1. The van der Waals surface area contributed by atoms with Gasteiger partial charge in [0.25, 0.3) is 5.91 Å². The van der Waals surface area contributed by atoms with Crippen LogP contribution in [0, 0.1) is 5.92 Å². The molecule has 1 aromatic rings. The number of amides is 1. The topological polar surface area (TPSA) is 66.9 Å². The summed E-state index contributed by atoms with van der Waals surface area (Å²) >= 11 is 3.35. The van der Waals surface area contributed by atoms with Crippen molar-refractivity contribution in [3.05, 3.63) is 28.2 Å². The molecule has 27 heavy (non-hydrogen) atoms. The molecule has 1 saturated carbocycles. The van der Waals surface area contributed by atoms with Crippen molar-refractivity contribution < 1.29 is 17.9 Å². The number of halogens is 1. The molecule has 1 aliphatic heterocycles. The van der Waals surface area contributed by atoms with E-state index < -0.39 is 10.0 Å². The maximum atomic E-state index is 13.1. The molecule has 1 saturated heterocycles. The van der Waals surface area contributed by atoms with Gasteiger partial charge in [0.15, 0.2) is 0 Å². The van der Waals surface area contributed by atoms with Gasteiger partial charge in [-0.25, -0.2) is 8.42 Å². The number of ether oxygens (including phenoxy) is 1. The molecule has 0 atom stereocenters. The number of hydrogen-bond acceptors (Lipinski definition) is 4. The minimum absolute atomic E-state index is 0.0796. The minimum Gasteiger partial charge on any atom is -0.379 e. The van der Waals surface area contributed by atoms with E-state index in [0.29, 0.717) is 54.8 Å². The predicted molar refractivity (Wildman–Crippen MR) is 107 cm³/mol. The van der Waals surface area contributed by atoms with E-state index in [9.17, 15) is 13.2 Å². The molecule has 2 fully saturated rings. The Labute approximate surface area is 170 Å². The molecule has 1 aliphatic carbocycles. The lowest BCUT2D eigenvalue weighted by atomic mass is 10.1. The summed E-state index contributed by atoms with van der Waals surface area (Å²) in [5, 5.41) is 0. The highest BCUT2D eigenvalue weighted by Crippen LogP contribution is 2.31. The monoisotopic (exact) mass is 458 g/mol. The lowest BCUT2D eigenvalue weighted by molar-refractivity contribution is 0.0727. The second-order valence-corrected chi connectivity index (χ2v) is 10.3. The Morgan fingerprint density at radius 2 is 1.96 bits per heavy atom. The van der Waals surface area contributed by atoms with Crippen molar-refractivity contribution in [3.8, 4) is 0 Å². The third kappa shape index (κ3) is 4.91. The van der Waals surface area contributed by atoms with Gasteiger partial charge in [0.05, 0.1) is 18.1 Å². The molecule has 0 bridgehead atoms. The third-order valence-corrected chi connectivity index (χ3v) is 7.85. The fourth-order valence-corrected chi connectivity index (χ4v) is 5.52. The first-order valence-electron chi connectivity index (χ1n) is 9.49. The number of nitrogens with zero attached hydrogens (tertiary/aromatic N) is 2. The molecule has 0 unspecified atom stereocenters. The van der Waals surface area contributed by atoms with Crippen molar-refractivity contribution in [2.45, 2.75) is 44.0 Å². The Bertz CT molecular complexity index is 787. The summed E-state index contributed by atoms with van der Waals surface area (Å²) in [6, 6.07) is 5.17. The smallest absolute Gasteiger partial charge is 0.254 e. The van der Waals surface area contributed by atoms with Gasteiger partial charge in [-0.05, 0) is 59.3 Å². The Morgan fingerprint density at radius 3 is 2.56 bits per heavy atom. The van der Waals surface area contributed by atoms with Crippen molar-refractivity contribution in [2.75, 3.05) is 32.8 Å². The third-order valence-electron chi connectivity index (χ3n) is 4.96. The van der Waals surface area contributed by atoms with Crippen LogP contribution in [0.5, 0.6) is 0 Å². The van der Waals surface area contributed by atoms with Gasteiger partial charge in [-0.3, -0.25) is 4.79 Å². The normalized spacial score (nSPS) is 18.7. The van der Waals surface area contributed by atoms with E-state index >= 15 is 0 Å².